The summed E-state index contributed by atoms with van der Waals surface area (Å²) in [7, 11) is 1.81. The fraction of sp³-hybridized carbons (Fsp3) is 0.303. The molecular weight excluding hydrogens is 556 g/mol. The number of thioether (sulfide) groups is 1. The number of hydrogen-bond acceptors (Lipinski definition) is 5. The molecule has 0 spiro atoms. The van der Waals surface area contributed by atoms with E-state index in [1.54, 1.807) is 11.8 Å². The maximum atomic E-state index is 12.1. The molecule has 212 valence electrons. The Morgan fingerprint density at radius 3 is 2.71 bits per heavy atom. The maximum Gasteiger partial charge on any atom is 0.303 e. The Kier molecular flexibility index (Phi) is 9.15. The van der Waals surface area contributed by atoms with Crippen LogP contribution in [0.2, 0.25) is 5.02 Å². The Morgan fingerprint density at radius 2 is 1.90 bits per heavy atom. The molecule has 0 fully saturated rings. The molecule has 6 nitrogen and oxygen atoms in total. The van der Waals surface area contributed by atoms with Crippen molar-refractivity contribution >= 4 is 51.8 Å². The summed E-state index contributed by atoms with van der Waals surface area (Å²) >= 11 is 7.97. The van der Waals surface area contributed by atoms with Gasteiger partial charge in [-0.3, -0.25) is 9.59 Å². The Labute approximate surface area is 249 Å². The number of nitrogens with zero attached hydrogens (tertiary/aromatic N) is 2. The zero-order valence-electron chi connectivity index (χ0n) is 23.2. The molecule has 0 radical (unpaired) electrons. The molecule has 0 saturated carbocycles. The monoisotopic (exact) mass is 588 g/mol. The number of aliphatic carboxylic acids is 1. The second-order valence-electron chi connectivity index (χ2n) is 10.5. The van der Waals surface area contributed by atoms with Gasteiger partial charge in [0, 0.05) is 41.7 Å². The number of aromatic nitrogens is 1. The van der Waals surface area contributed by atoms with Crippen molar-refractivity contribution in [3.63, 3.8) is 0 Å². The van der Waals surface area contributed by atoms with E-state index in [9.17, 15) is 9.59 Å². The van der Waals surface area contributed by atoms with Gasteiger partial charge in [0.2, 0.25) is 5.91 Å². The number of para-hydroxylation sites is 1. The first-order valence-electron chi connectivity index (χ1n) is 13.7. The summed E-state index contributed by atoms with van der Waals surface area (Å²) in [6, 6.07) is 24.0. The fourth-order valence-corrected chi connectivity index (χ4v) is 7.02. The minimum atomic E-state index is -0.768. The van der Waals surface area contributed by atoms with Crippen molar-refractivity contribution in [3.8, 4) is 5.75 Å². The standard InChI is InChI=1S/C33H33ClN2O4S/c1-21(37)36(2)31-7-4-3-6-24(31)17-25-16-23-11-14-28(19-29(23)33(25)41-15-5-8-32(38)39)40-20-27-13-10-22-9-12-26(34)18-30(22)35-27/h3-4,6-7,9-14,18-19,25,33H,5,8,15-17,20H2,1-2H3,(H,38,39). The number of halogens is 1. The summed E-state index contributed by atoms with van der Waals surface area (Å²) in [5.41, 5.74) is 6.25. The third-order valence-electron chi connectivity index (χ3n) is 7.57. The minimum absolute atomic E-state index is 0.00227. The minimum Gasteiger partial charge on any atom is -0.487 e. The van der Waals surface area contributed by atoms with Gasteiger partial charge in [0.25, 0.3) is 0 Å². The second-order valence-corrected chi connectivity index (χ2v) is 12.1. The third-order valence-corrected chi connectivity index (χ3v) is 9.33. The number of carboxylic acid groups (broad SMARTS) is 1. The smallest absolute Gasteiger partial charge is 0.303 e. The fourth-order valence-electron chi connectivity index (χ4n) is 5.43. The van der Waals surface area contributed by atoms with Gasteiger partial charge in [-0.2, -0.15) is 11.8 Å². The van der Waals surface area contributed by atoms with Gasteiger partial charge < -0.3 is 14.7 Å². The number of benzene rings is 3. The summed E-state index contributed by atoms with van der Waals surface area (Å²) in [6.07, 6.45) is 2.52. The van der Waals surface area contributed by atoms with E-state index < -0.39 is 5.97 Å². The molecule has 3 aromatic carbocycles. The molecule has 0 bridgehead atoms. The average Bonchev–Trinajstić information content (AvgIpc) is 3.29. The molecule has 2 unspecified atom stereocenters. The van der Waals surface area contributed by atoms with Gasteiger partial charge in [-0.1, -0.05) is 48.0 Å². The van der Waals surface area contributed by atoms with Crippen LogP contribution in [-0.4, -0.2) is 34.8 Å². The van der Waals surface area contributed by atoms with E-state index in [1.165, 1.54) is 11.1 Å². The number of rotatable bonds is 11. The van der Waals surface area contributed by atoms with E-state index in [0.29, 0.717) is 24.0 Å². The predicted molar refractivity (Wildman–Crippen MR) is 166 cm³/mol. The molecule has 1 amide bonds. The Hall–Kier alpha value is -3.55. The number of anilines is 1. The highest BCUT2D eigenvalue weighted by atomic mass is 35.5. The van der Waals surface area contributed by atoms with Crippen LogP contribution >= 0.6 is 23.4 Å². The van der Waals surface area contributed by atoms with Crippen LogP contribution in [0.3, 0.4) is 0 Å². The van der Waals surface area contributed by atoms with E-state index in [1.807, 2.05) is 73.4 Å². The molecule has 2 atom stereocenters. The highest BCUT2D eigenvalue weighted by Gasteiger charge is 2.34. The summed E-state index contributed by atoms with van der Waals surface area (Å²) in [4.78, 5) is 29.7. The van der Waals surface area contributed by atoms with E-state index in [-0.39, 0.29) is 17.6 Å². The van der Waals surface area contributed by atoms with Crippen molar-refractivity contribution in [2.45, 2.75) is 44.5 Å². The molecule has 4 aromatic rings. The summed E-state index contributed by atoms with van der Waals surface area (Å²) in [6.45, 7) is 1.92. The van der Waals surface area contributed by atoms with Crippen molar-refractivity contribution in [1.29, 1.82) is 0 Å². The quantitative estimate of drug-likeness (QED) is 0.183. The summed E-state index contributed by atoms with van der Waals surface area (Å²) in [5, 5.41) is 11.0. The zero-order valence-corrected chi connectivity index (χ0v) is 24.8. The lowest BCUT2D eigenvalue weighted by molar-refractivity contribution is -0.137. The number of carbonyl (C=O) groups is 2. The maximum absolute atomic E-state index is 12.1. The molecule has 8 heteroatoms. The lowest BCUT2D eigenvalue weighted by atomic mass is 9.95. The molecule has 0 saturated heterocycles. The van der Waals surface area contributed by atoms with E-state index >= 15 is 0 Å². The molecule has 5 rings (SSSR count). The van der Waals surface area contributed by atoms with Gasteiger partial charge in [-0.15, -0.1) is 0 Å². The zero-order chi connectivity index (χ0) is 28.9. The average molecular weight is 589 g/mol. The van der Waals surface area contributed by atoms with Crippen LogP contribution in [0.15, 0.2) is 72.8 Å². The molecule has 0 aliphatic heterocycles. The van der Waals surface area contributed by atoms with Crippen molar-refractivity contribution in [1.82, 2.24) is 4.98 Å². The third kappa shape index (κ3) is 7.03. The molecule has 1 aromatic heterocycles. The number of fused-ring (bicyclic) bond motifs is 2. The van der Waals surface area contributed by atoms with Gasteiger partial charge in [-0.25, -0.2) is 4.98 Å². The molecule has 41 heavy (non-hydrogen) atoms. The van der Waals surface area contributed by atoms with E-state index in [2.05, 4.69) is 18.2 Å². The van der Waals surface area contributed by atoms with E-state index in [4.69, 9.17) is 26.4 Å². The Balaban J connectivity index is 1.35. The largest absolute Gasteiger partial charge is 0.487 e. The van der Waals surface area contributed by atoms with Gasteiger partial charge in [0.1, 0.15) is 12.4 Å². The molecule has 1 aliphatic rings. The van der Waals surface area contributed by atoms with Crippen LogP contribution in [-0.2, 0) is 29.0 Å². The molecule has 1 aliphatic carbocycles. The number of carboxylic acids is 1. The molecule has 1 N–H and O–H groups in total. The van der Waals surface area contributed by atoms with E-state index in [0.717, 1.165) is 52.2 Å². The topological polar surface area (TPSA) is 79.7 Å². The van der Waals surface area contributed by atoms with Gasteiger partial charge in [-0.05, 0) is 84.0 Å². The van der Waals surface area contributed by atoms with Crippen LogP contribution in [0, 0.1) is 5.92 Å². The Bertz CT molecular complexity index is 1580. The number of ether oxygens (including phenoxy) is 1. The highest BCUT2D eigenvalue weighted by Crippen LogP contribution is 2.48. The predicted octanol–water partition coefficient (Wildman–Crippen LogP) is 7.50. The number of pyridine rings is 1. The van der Waals surface area contributed by atoms with Crippen LogP contribution in [0.1, 0.15) is 47.4 Å². The van der Waals surface area contributed by atoms with Gasteiger partial charge in [0.15, 0.2) is 0 Å². The van der Waals surface area contributed by atoms with Crippen LogP contribution in [0.5, 0.6) is 5.75 Å². The van der Waals surface area contributed by atoms with Crippen LogP contribution < -0.4 is 9.64 Å². The first-order chi connectivity index (χ1) is 19.8. The summed E-state index contributed by atoms with van der Waals surface area (Å²) in [5.74, 6) is 1.08. The lowest BCUT2D eigenvalue weighted by Gasteiger charge is -2.24. The summed E-state index contributed by atoms with van der Waals surface area (Å²) < 4.78 is 6.21. The SMILES string of the molecule is CC(=O)N(C)c1ccccc1CC1Cc2ccc(OCc3ccc4ccc(Cl)cc4n3)cc2C1SCCCC(=O)O. The first kappa shape index (κ1) is 29.0. The highest BCUT2D eigenvalue weighted by molar-refractivity contribution is 7.99. The molecule has 1 heterocycles. The number of carbonyl (C=O) groups excluding carboxylic acids is 1. The van der Waals surface area contributed by atoms with Crippen LogP contribution in [0.4, 0.5) is 5.69 Å². The van der Waals surface area contributed by atoms with Crippen molar-refractivity contribution in [2.24, 2.45) is 5.92 Å². The molecular formula is C33H33ClN2O4S. The Morgan fingerprint density at radius 1 is 1.10 bits per heavy atom. The second kappa shape index (κ2) is 13.0. The lowest BCUT2D eigenvalue weighted by Crippen LogP contribution is -2.24. The van der Waals surface area contributed by atoms with Gasteiger partial charge in [0.05, 0.1) is 11.2 Å². The number of amides is 1. The van der Waals surface area contributed by atoms with Crippen molar-refractivity contribution in [2.75, 3.05) is 17.7 Å². The van der Waals surface area contributed by atoms with Gasteiger partial charge >= 0.3 is 5.97 Å². The number of hydrogen-bond donors (Lipinski definition) is 1. The van der Waals surface area contributed by atoms with Crippen LogP contribution in [0.25, 0.3) is 10.9 Å². The van der Waals surface area contributed by atoms with Crippen molar-refractivity contribution in [3.05, 3.63) is 100 Å². The normalized spacial score (nSPS) is 16.0. The first-order valence-corrected chi connectivity index (χ1v) is 15.2. The van der Waals surface area contributed by atoms with Crippen molar-refractivity contribution < 1.29 is 19.4 Å².